The van der Waals surface area contributed by atoms with E-state index in [-0.39, 0.29) is 0 Å². The van der Waals surface area contributed by atoms with Crippen LogP contribution >= 0.6 is 0 Å². The van der Waals surface area contributed by atoms with Gasteiger partial charge in [0.2, 0.25) is 0 Å². The molecular weight excluding hydrogens is 390 g/mol. The van der Waals surface area contributed by atoms with Gasteiger partial charge in [0.25, 0.3) is 0 Å². The Morgan fingerprint density at radius 2 is 1.09 bits per heavy atom. The summed E-state index contributed by atoms with van der Waals surface area (Å²) in [6, 6.07) is 19.4. The Morgan fingerprint density at radius 3 is 1.66 bits per heavy atom. The molecule has 0 saturated heterocycles. The summed E-state index contributed by atoms with van der Waals surface area (Å²) in [7, 11) is 0. The number of nitrogens with zero attached hydrogens (tertiary/aromatic N) is 1. The summed E-state index contributed by atoms with van der Waals surface area (Å²) in [5.41, 5.74) is 0. The minimum absolute atomic E-state index is 0.808. The summed E-state index contributed by atoms with van der Waals surface area (Å²) in [4.78, 5) is 2.64. The molecule has 3 aromatic carbocycles. The molecule has 3 aromatic rings. The lowest BCUT2D eigenvalue weighted by molar-refractivity contribution is 0.267. The highest BCUT2D eigenvalue weighted by molar-refractivity contribution is 6.05. The zero-order valence-corrected chi connectivity index (χ0v) is 20.5. The van der Waals surface area contributed by atoms with Gasteiger partial charge in [-0.2, -0.15) is 0 Å². The Morgan fingerprint density at radius 1 is 0.594 bits per heavy atom. The molecule has 0 unspecified atom stereocenters. The number of rotatable bonds is 16. The van der Waals surface area contributed by atoms with Gasteiger partial charge in [-0.3, -0.25) is 0 Å². The number of hydrogen-bond donors (Lipinski definition) is 0. The van der Waals surface area contributed by atoms with Crippen LogP contribution in [0.25, 0.3) is 21.5 Å². The van der Waals surface area contributed by atoms with Crippen molar-refractivity contribution in [3.05, 3.63) is 54.6 Å². The molecule has 0 N–H and O–H groups in total. The first-order valence-corrected chi connectivity index (χ1v) is 13.1. The van der Waals surface area contributed by atoms with Crippen LogP contribution in [0.15, 0.2) is 54.6 Å². The molecule has 0 aromatic heterocycles. The quantitative estimate of drug-likeness (QED) is 0.166. The first-order chi connectivity index (χ1) is 15.8. The van der Waals surface area contributed by atoms with Crippen LogP contribution in [0.4, 0.5) is 0 Å². The van der Waals surface area contributed by atoms with E-state index >= 15 is 0 Å². The van der Waals surface area contributed by atoms with Gasteiger partial charge in [-0.25, -0.2) is 0 Å². The fourth-order valence-electron chi connectivity index (χ4n) is 4.77. The van der Waals surface area contributed by atoms with Crippen molar-refractivity contribution in [2.45, 2.75) is 78.1 Å². The highest BCUT2D eigenvalue weighted by Gasteiger charge is 2.08. The number of unbranched alkanes of at least 4 members (excludes halogenated alkanes) is 7. The molecule has 3 rings (SSSR count). The monoisotopic (exact) mass is 433 g/mol. The van der Waals surface area contributed by atoms with Crippen molar-refractivity contribution in [2.24, 2.45) is 0 Å². The van der Waals surface area contributed by atoms with Gasteiger partial charge in [-0.05, 0) is 62.2 Å². The van der Waals surface area contributed by atoms with Crippen molar-refractivity contribution in [3.8, 4) is 5.75 Å². The predicted octanol–water partition coefficient (Wildman–Crippen LogP) is 8.61. The van der Waals surface area contributed by atoms with Crippen LogP contribution in [0.2, 0.25) is 0 Å². The largest absolute Gasteiger partial charge is 0.492 e. The maximum atomic E-state index is 6.35. The highest BCUT2D eigenvalue weighted by Crippen LogP contribution is 2.34. The molecule has 0 radical (unpaired) electrons. The van der Waals surface area contributed by atoms with Crippen LogP contribution < -0.4 is 4.74 Å². The van der Waals surface area contributed by atoms with E-state index in [4.69, 9.17) is 4.74 Å². The summed E-state index contributed by atoms with van der Waals surface area (Å²) < 4.78 is 6.35. The van der Waals surface area contributed by atoms with Gasteiger partial charge >= 0.3 is 0 Å². The number of benzene rings is 3. The van der Waals surface area contributed by atoms with E-state index in [1.54, 1.807) is 0 Å². The molecule has 0 aliphatic heterocycles. The normalized spacial score (nSPS) is 11.6. The molecule has 2 heteroatoms. The second-order valence-electron chi connectivity index (χ2n) is 9.17. The fourth-order valence-corrected chi connectivity index (χ4v) is 4.77. The maximum Gasteiger partial charge on any atom is 0.134 e. The summed E-state index contributed by atoms with van der Waals surface area (Å²) in [6.07, 6.45) is 13.2. The minimum atomic E-state index is 0.808. The molecule has 2 nitrogen and oxygen atoms in total. The lowest BCUT2D eigenvalue weighted by Crippen LogP contribution is -2.26. The van der Waals surface area contributed by atoms with Crippen LogP contribution in [-0.4, -0.2) is 31.1 Å². The Labute approximate surface area is 196 Å². The van der Waals surface area contributed by atoms with E-state index in [0.29, 0.717) is 0 Å². The maximum absolute atomic E-state index is 6.35. The van der Waals surface area contributed by atoms with Gasteiger partial charge in [0, 0.05) is 10.8 Å². The van der Waals surface area contributed by atoms with Crippen LogP contribution in [0.5, 0.6) is 5.75 Å². The molecule has 0 aliphatic carbocycles. The van der Waals surface area contributed by atoms with Crippen molar-refractivity contribution in [1.29, 1.82) is 0 Å². The van der Waals surface area contributed by atoms with E-state index < -0.39 is 0 Å². The standard InChI is InChI=1S/C30H43NO/c1-3-21-31(22-4-2)23-15-9-7-5-6-8-10-16-24-32-30-28-19-13-11-17-26(28)25-27-18-12-14-20-29(27)30/h11-14,17-20,25H,3-10,15-16,21-24H2,1-2H3. The second kappa shape index (κ2) is 14.2. The van der Waals surface area contributed by atoms with Crippen molar-refractivity contribution in [2.75, 3.05) is 26.2 Å². The van der Waals surface area contributed by atoms with E-state index in [9.17, 15) is 0 Å². The van der Waals surface area contributed by atoms with Gasteiger partial charge in [0.05, 0.1) is 6.61 Å². The first-order valence-electron chi connectivity index (χ1n) is 13.1. The fraction of sp³-hybridized carbons (Fsp3) is 0.533. The predicted molar refractivity (Wildman–Crippen MR) is 141 cm³/mol. The molecule has 0 bridgehead atoms. The molecule has 0 spiro atoms. The zero-order valence-electron chi connectivity index (χ0n) is 20.5. The number of fused-ring (bicyclic) bond motifs is 2. The summed E-state index contributed by atoms with van der Waals surface area (Å²) in [6.45, 7) is 9.22. The number of hydrogen-bond acceptors (Lipinski definition) is 2. The van der Waals surface area contributed by atoms with Gasteiger partial charge in [0.15, 0.2) is 0 Å². The first kappa shape index (κ1) is 24.6. The van der Waals surface area contributed by atoms with Gasteiger partial charge in [0.1, 0.15) is 5.75 Å². The Balaban J connectivity index is 1.31. The van der Waals surface area contributed by atoms with Crippen LogP contribution in [-0.2, 0) is 0 Å². The summed E-state index contributed by atoms with van der Waals surface area (Å²) in [5.74, 6) is 1.05. The molecule has 0 atom stereocenters. The van der Waals surface area contributed by atoms with E-state index in [1.165, 1.54) is 99.0 Å². The lowest BCUT2D eigenvalue weighted by atomic mass is 10.0. The Kier molecular flexibility index (Phi) is 10.9. The molecule has 0 amide bonds. The van der Waals surface area contributed by atoms with Crippen molar-refractivity contribution in [3.63, 3.8) is 0 Å². The molecular formula is C30H43NO. The van der Waals surface area contributed by atoms with Crippen molar-refractivity contribution >= 4 is 21.5 Å². The molecule has 0 heterocycles. The zero-order chi connectivity index (χ0) is 22.4. The van der Waals surface area contributed by atoms with Gasteiger partial charge < -0.3 is 9.64 Å². The third kappa shape index (κ3) is 7.52. The van der Waals surface area contributed by atoms with Gasteiger partial charge in [-0.1, -0.05) is 101 Å². The van der Waals surface area contributed by atoms with Crippen LogP contribution in [0.3, 0.4) is 0 Å². The van der Waals surface area contributed by atoms with Gasteiger partial charge in [-0.15, -0.1) is 0 Å². The number of ether oxygens (including phenoxy) is 1. The van der Waals surface area contributed by atoms with Crippen molar-refractivity contribution in [1.82, 2.24) is 4.90 Å². The minimum Gasteiger partial charge on any atom is -0.492 e. The molecule has 0 aliphatic rings. The van der Waals surface area contributed by atoms with Crippen molar-refractivity contribution < 1.29 is 4.74 Å². The summed E-state index contributed by atoms with van der Waals surface area (Å²) in [5, 5.41) is 4.97. The van der Waals surface area contributed by atoms with E-state index in [1.807, 2.05) is 0 Å². The molecule has 0 fully saturated rings. The lowest BCUT2D eigenvalue weighted by Gasteiger charge is -2.20. The molecule has 0 saturated carbocycles. The Hall–Kier alpha value is -2.06. The van der Waals surface area contributed by atoms with E-state index in [2.05, 4.69) is 73.3 Å². The molecule has 174 valence electrons. The van der Waals surface area contributed by atoms with Crippen LogP contribution in [0.1, 0.15) is 78.1 Å². The SMILES string of the molecule is CCCN(CCC)CCCCCCCCCCOc1c2ccccc2cc2ccccc12. The third-order valence-corrected chi connectivity index (χ3v) is 6.42. The highest BCUT2D eigenvalue weighted by atomic mass is 16.5. The van der Waals surface area contributed by atoms with Crippen LogP contribution in [0, 0.1) is 0 Å². The topological polar surface area (TPSA) is 12.5 Å². The average Bonchev–Trinajstić information content (AvgIpc) is 2.82. The molecule has 32 heavy (non-hydrogen) atoms. The average molecular weight is 434 g/mol. The van der Waals surface area contributed by atoms with E-state index in [0.717, 1.165) is 18.8 Å². The second-order valence-corrected chi connectivity index (χ2v) is 9.17. The third-order valence-electron chi connectivity index (χ3n) is 6.42. The Bertz CT molecular complexity index is 859. The smallest absolute Gasteiger partial charge is 0.134 e. The summed E-state index contributed by atoms with van der Waals surface area (Å²) >= 11 is 0.